The number of hydrogen-bond acceptors (Lipinski definition) is 4. The van der Waals surface area contributed by atoms with E-state index >= 15 is 0 Å². The van der Waals surface area contributed by atoms with Crippen LogP contribution >= 0.6 is 11.3 Å². The first kappa shape index (κ1) is 16.9. The predicted molar refractivity (Wildman–Crippen MR) is 90.0 cm³/mol. The van der Waals surface area contributed by atoms with E-state index < -0.39 is 0 Å². The van der Waals surface area contributed by atoms with Crippen LogP contribution in [-0.2, 0) is 16.7 Å². The van der Waals surface area contributed by atoms with E-state index in [0.717, 1.165) is 25.5 Å². The lowest BCUT2D eigenvalue weighted by Gasteiger charge is -2.44. The zero-order valence-electron chi connectivity index (χ0n) is 14.2. The van der Waals surface area contributed by atoms with Crippen LogP contribution in [0.4, 0.5) is 0 Å². The van der Waals surface area contributed by atoms with Crippen molar-refractivity contribution in [2.45, 2.75) is 58.9 Å². The van der Waals surface area contributed by atoms with E-state index in [2.05, 4.69) is 33.0 Å². The van der Waals surface area contributed by atoms with Crippen LogP contribution in [0.25, 0.3) is 0 Å². The van der Waals surface area contributed by atoms with Gasteiger partial charge in [0.05, 0.1) is 17.8 Å². The number of aromatic nitrogens is 1. The third-order valence-corrected chi connectivity index (χ3v) is 6.15. The van der Waals surface area contributed by atoms with Crippen molar-refractivity contribution in [2.24, 2.45) is 11.8 Å². The van der Waals surface area contributed by atoms with Gasteiger partial charge in [0, 0.05) is 18.5 Å². The molecule has 0 bridgehead atoms. The van der Waals surface area contributed by atoms with Crippen molar-refractivity contribution in [1.82, 2.24) is 10.3 Å². The van der Waals surface area contributed by atoms with Crippen LogP contribution < -0.4 is 5.32 Å². The van der Waals surface area contributed by atoms with Crippen LogP contribution in [0, 0.1) is 18.8 Å². The summed E-state index contributed by atoms with van der Waals surface area (Å²) in [5.41, 5.74) is 1.31. The topological polar surface area (TPSA) is 34.2 Å². The summed E-state index contributed by atoms with van der Waals surface area (Å²) >= 11 is 1.89. The number of nitrogens with zero attached hydrogens (tertiary/aromatic N) is 1. The second-order valence-electron chi connectivity index (χ2n) is 6.55. The molecule has 1 aliphatic rings. The van der Waals surface area contributed by atoms with Crippen molar-refractivity contribution in [2.75, 3.05) is 20.3 Å². The smallest absolute Gasteiger partial charge is 0.114 e. The molecule has 4 heteroatoms. The van der Waals surface area contributed by atoms with E-state index in [9.17, 15) is 0 Å². The van der Waals surface area contributed by atoms with E-state index in [0.29, 0.717) is 5.92 Å². The molecular weight excluding hydrogens is 280 g/mol. The normalized spacial score (nSPS) is 29.8. The van der Waals surface area contributed by atoms with Gasteiger partial charge in [0.25, 0.3) is 0 Å². The van der Waals surface area contributed by atoms with Crippen LogP contribution in [0.2, 0.25) is 0 Å². The molecular formula is C17H30N2OS. The predicted octanol–water partition coefficient (Wildman–Crippen LogP) is 3.90. The fourth-order valence-electron chi connectivity index (χ4n) is 3.58. The third-order valence-electron chi connectivity index (χ3n) is 4.96. The minimum absolute atomic E-state index is 0.0407. The number of thiazole rings is 1. The van der Waals surface area contributed by atoms with Crippen molar-refractivity contribution in [1.29, 1.82) is 0 Å². The van der Waals surface area contributed by atoms with Crippen LogP contribution in [0.5, 0.6) is 0 Å². The highest BCUT2D eigenvalue weighted by atomic mass is 32.1. The lowest BCUT2D eigenvalue weighted by Crippen LogP contribution is -2.52. The molecule has 1 fully saturated rings. The zero-order chi connectivity index (χ0) is 15.5. The van der Waals surface area contributed by atoms with Crippen molar-refractivity contribution in [3.8, 4) is 0 Å². The molecule has 1 aliphatic carbocycles. The van der Waals surface area contributed by atoms with Gasteiger partial charge in [0.2, 0.25) is 0 Å². The summed E-state index contributed by atoms with van der Waals surface area (Å²) in [6.45, 7) is 10.8. The Hall–Kier alpha value is -0.450. The maximum Gasteiger partial charge on any atom is 0.114 e. The molecule has 0 radical (unpaired) electrons. The molecule has 1 aromatic rings. The summed E-state index contributed by atoms with van der Waals surface area (Å²) in [5.74, 6) is 1.38. The molecule has 0 aromatic carbocycles. The maximum absolute atomic E-state index is 5.25. The minimum atomic E-state index is 0.0407. The highest BCUT2D eigenvalue weighted by Crippen LogP contribution is 2.45. The molecule has 21 heavy (non-hydrogen) atoms. The molecule has 1 N–H and O–H groups in total. The molecule has 1 saturated carbocycles. The Morgan fingerprint density at radius 2 is 2.14 bits per heavy atom. The van der Waals surface area contributed by atoms with E-state index in [-0.39, 0.29) is 5.54 Å². The molecule has 3 nitrogen and oxygen atoms in total. The summed E-state index contributed by atoms with van der Waals surface area (Å²) in [6, 6.07) is 0. The van der Waals surface area contributed by atoms with Gasteiger partial charge in [-0.1, -0.05) is 27.2 Å². The van der Waals surface area contributed by atoms with E-state index in [1.807, 2.05) is 11.3 Å². The summed E-state index contributed by atoms with van der Waals surface area (Å²) in [6.07, 6.45) is 4.83. The van der Waals surface area contributed by atoms with Crippen LogP contribution in [-0.4, -0.2) is 25.2 Å². The van der Waals surface area contributed by atoms with Gasteiger partial charge in [0.1, 0.15) is 5.01 Å². The highest BCUT2D eigenvalue weighted by molar-refractivity contribution is 7.11. The summed E-state index contributed by atoms with van der Waals surface area (Å²) < 4.78 is 5.25. The van der Waals surface area contributed by atoms with Gasteiger partial charge in [-0.3, -0.25) is 0 Å². The van der Waals surface area contributed by atoms with E-state index in [1.165, 1.54) is 34.8 Å². The van der Waals surface area contributed by atoms with Crippen LogP contribution in [0.1, 0.15) is 55.6 Å². The zero-order valence-corrected chi connectivity index (χ0v) is 15.0. The Balaban J connectivity index is 2.33. The second kappa shape index (κ2) is 7.21. The van der Waals surface area contributed by atoms with Gasteiger partial charge < -0.3 is 10.1 Å². The van der Waals surface area contributed by atoms with Crippen LogP contribution in [0.15, 0.2) is 0 Å². The average molecular weight is 311 g/mol. The van der Waals surface area contributed by atoms with Gasteiger partial charge in [0.15, 0.2) is 0 Å². The van der Waals surface area contributed by atoms with Crippen molar-refractivity contribution >= 4 is 11.3 Å². The number of rotatable bonds is 6. The molecule has 120 valence electrons. The number of nitrogens with one attached hydrogen (secondary N) is 1. The fraction of sp³-hybridized carbons (Fsp3) is 0.824. The average Bonchev–Trinajstić information content (AvgIpc) is 2.84. The molecule has 0 saturated heterocycles. The first-order valence-corrected chi connectivity index (χ1v) is 9.05. The first-order chi connectivity index (χ1) is 10.0. The Labute approximate surface area is 133 Å². The van der Waals surface area contributed by atoms with Crippen molar-refractivity contribution in [3.05, 3.63) is 15.6 Å². The monoisotopic (exact) mass is 310 g/mol. The number of aryl methyl sites for hydroxylation is 2. The molecule has 1 aromatic heterocycles. The number of methoxy groups -OCH3 is 1. The molecule has 2 rings (SSSR count). The van der Waals surface area contributed by atoms with Crippen molar-refractivity contribution < 1.29 is 4.74 Å². The first-order valence-electron chi connectivity index (χ1n) is 8.24. The maximum atomic E-state index is 5.25. The lowest BCUT2D eigenvalue weighted by atomic mass is 9.70. The Morgan fingerprint density at radius 3 is 2.76 bits per heavy atom. The standard InChI is InChI=1S/C17H30N2OS/c1-6-15-14(4)21-16(19-15)17(18-9-10-20-5)11-12(2)7-8-13(17)3/h12-13,18H,6-11H2,1-5H3. The molecule has 0 spiro atoms. The summed E-state index contributed by atoms with van der Waals surface area (Å²) in [7, 11) is 1.77. The van der Waals surface area contributed by atoms with Gasteiger partial charge in [-0.15, -0.1) is 11.3 Å². The molecule has 3 unspecified atom stereocenters. The Bertz CT molecular complexity index is 460. The number of hydrogen-bond donors (Lipinski definition) is 1. The van der Waals surface area contributed by atoms with E-state index in [1.54, 1.807) is 7.11 Å². The Morgan fingerprint density at radius 1 is 1.38 bits per heavy atom. The fourth-order valence-corrected chi connectivity index (χ4v) is 4.87. The van der Waals surface area contributed by atoms with E-state index in [4.69, 9.17) is 9.72 Å². The van der Waals surface area contributed by atoms with Crippen LogP contribution in [0.3, 0.4) is 0 Å². The third kappa shape index (κ3) is 3.49. The molecule has 1 heterocycles. The minimum Gasteiger partial charge on any atom is -0.383 e. The lowest BCUT2D eigenvalue weighted by molar-refractivity contribution is 0.102. The van der Waals surface area contributed by atoms with Gasteiger partial charge in [-0.25, -0.2) is 4.98 Å². The second-order valence-corrected chi connectivity index (χ2v) is 7.76. The quantitative estimate of drug-likeness (QED) is 0.809. The molecule has 0 amide bonds. The largest absolute Gasteiger partial charge is 0.383 e. The van der Waals surface area contributed by atoms with Gasteiger partial charge in [-0.05, 0) is 38.0 Å². The SMILES string of the molecule is CCc1nc(C2(NCCOC)CC(C)CCC2C)sc1C. The molecule has 0 aliphatic heterocycles. The highest BCUT2D eigenvalue weighted by Gasteiger charge is 2.44. The summed E-state index contributed by atoms with van der Waals surface area (Å²) in [5, 5.41) is 5.12. The van der Waals surface area contributed by atoms with Crippen molar-refractivity contribution in [3.63, 3.8) is 0 Å². The number of ether oxygens (including phenoxy) is 1. The Kier molecular flexibility index (Phi) is 5.81. The van der Waals surface area contributed by atoms with Gasteiger partial charge >= 0.3 is 0 Å². The van der Waals surface area contributed by atoms with Gasteiger partial charge in [-0.2, -0.15) is 0 Å². The summed E-state index contributed by atoms with van der Waals surface area (Å²) in [4.78, 5) is 6.38. The molecule has 3 atom stereocenters.